The van der Waals surface area contributed by atoms with Crippen LogP contribution in [0.1, 0.15) is 22.9 Å². The van der Waals surface area contributed by atoms with E-state index in [1.165, 1.54) is 16.5 Å². The van der Waals surface area contributed by atoms with Crippen molar-refractivity contribution in [3.05, 3.63) is 247 Å². The summed E-state index contributed by atoms with van der Waals surface area (Å²) in [6.07, 6.45) is -0.329. The summed E-state index contributed by atoms with van der Waals surface area (Å²) in [6, 6.07) is 81.0. The molecule has 0 saturated carbocycles. The number of aromatic nitrogens is 1. The number of amidine groups is 2. The van der Waals surface area contributed by atoms with Gasteiger partial charge in [0.2, 0.25) is 0 Å². The van der Waals surface area contributed by atoms with Crippen molar-refractivity contribution in [1.29, 1.82) is 0 Å². The van der Waals surface area contributed by atoms with Crippen molar-refractivity contribution in [3.8, 4) is 44.6 Å². The number of fused-ring (bicyclic) bond motifs is 7. The first-order valence-corrected chi connectivity index (χ1v) is 22.7. The molecule has 10 aromatic carbocycles. The molecule has 0 fully saturated rings. The van der Waals surface area contributed by atoms with Crippen LogP contribution in [0, 0.1) is 0 Å². The van der Waals surface area contributed by atoms with Crippen LogP contribution in [-0.4, -0.2) is 16.7 Å². The maximum Gasteiger partial charge on any atom is 0.159 e. The van der Waals surface area contributed by atoms with Crippen molar-refractivity contribution >= 4 is 66.1 Å². The molecule has 5 heteroatoms. The lowest BCUT2D eigenvalue weighted by Crippen LogP contribution is -2.33. The first-order chi connectivity index (χ1) is 33.2. The molecule has 1 aliphatic rings. The molecule has 0 spiro atoms. The number of rotatable bonds is 7. The van der Waals surface area contributed by atoms with E-state index in [-0.39, 0.29) is 6.17 Å². The van der Waals surface area contributed by atoms with E-state index in [0.717, 1.165) is 105 Å². The number of nitrogens with zero attached hydrogens (tertiary/aromatic N) is 3. The molecule has 12 aromatic rings. The fraction of sp³-hybridized carbons (Fsp3) is 0.0161. The SMILES string of the molecule is c1ccc(C2=NC(c3ccc(-c4ccccc4)cc3)NC(c3ccc(-c4ccc(-c5nc6ccccc6c6c(-c7ccccc7)c7c(cc56)oc5ccccc57)cc4)c4ccccc34)=N2)cc1. The highest BCUT2D eigenvalue weighted by molar-refractivity contribution is 6.28. The number of para-hydroxylation sites is 2. The highest BCUT2D eigenvalue weighted by Crippen LogP contribution is 2.46. The number of furan rings is 1. The molecule has 0 saturated heterocycles. The smallest absolute Gasteiger partial charge is 0.159 e. The molecule has 3 heterocycles. The van der Waals surface area contributed by atoms with Crippen LogP contribution in [0.5, 0.6) is 0 Å². The molecule has 0 radical (unpaired) electrons. The van der Waals surface area contributed by atoms with Gasteiger partial charge in [0.25, 0.3) is 0 Å². The van der Waals surface area contributed by atoms with Gasteiger partial charge in [0.15, 0.2) is 5.84 Å². The molecule has 2 aromatic heterocycles. The molecule has 314 valence electrons. The summed E-state index contributed by atoms with van der Waals surface area (Å²) in [5.41, 5.74) is 14.6. The molecule has 0 aliphatic carbocycles. The Morgan fingerprint density at radius 2 is 0.940 bits per heavy atom. The lowest BCUT2D eigenvalue weighted by molar-refractivity contribution is 0.669. The summed E-state index contributed by atoms with van der Waals surface area (Å²) in [5, 5.41) is 11.5. The van der Waals surface area contributed by atoms with Gasteiger partial charge in [0.1, 0.15) is 23.2 Å². The number of benzene rings is 10. The van der Waals surface area contributed by atoms with Crippen LogP contribution in [0.25, 0.3) is 99.0 Å². The average molecular weight is 857 g/mol. The van der Waals surface area contributed by atoms with Crippen molar-refractivity contribution in [1.82, 2.24) is 10.3 Å². The van der Waals surface area contributed by atoms with E-state index >= 15 is 0 Å². The predicted octanol–water partition coefficient (Wildman–Crippen LogP) is 15.6. The Morgan fingerprint density at radius 3 is 1.67 bits per heavy atom. The van der Waals surface area contributed by atoms with Gasteiger partial charge in [-0.25, -0.2) is 15.0 Å². The van der Waals surface area contributed by atoms with Crippen LogP contribution in [0.2, 0.25) is 0 Å². The second-order valence-electron chi connectivity index (χ2n) is 17.1. The summed E-state index contributed by atoms with van der Waals surface area (Å²) in [7, 11) is 0. The molecule has 0 amide bonds. The topological polar surface area (TPSA) is 62.8 Å². The van der Waals surface area contributed by atoms with Gasteiger partial charge in [0.05, 0.1) is 11.2 Å². The van der Waals surface area contributed by atoms with Crippen LogP contribution in [0.4, 0.5) is 0 Å². The van der Waals surface area contributed by atoms with E-state index in [9.17, 15) is 0 Å². The zero-order chi connectivity index (χ0) is 44.3. The number of pyridine rings is 1. The van der Waals surface area contributed by atoms with Crippen molar-refractivity contribution in [3.63, 3.8) is 0 Å². The molecular formula is C62H40N4O. The molecule has 5 nitrogen and oxygen atoms in total. The summed E-state index contributed by atoms with van der Waals surface area (Å²) >= 11 is 0. The van der Waals surface area contributed by atoms with Crippen molar-refractivity contribution in [2.24, 2.45) is 9.98 Å². The van der Waals surface area contributed by atoms with Gasteiger partial charge in [-0.15, -0.1) is 0 Å². The molecule has 67 heavy (non-hydrogen) atoms. The van der Waals surface area contributed by atoms with Gasteiger partial charge in [0, 0.05) is 49.2 Å². The molecule has 1 unspecified atom stereocenters. The normalized spacial score (nSPS) is 13.8. The lowest BCUT2D eigenvalue weighted by Gasteiger charge is -2.25. The van der Waals surface area contributed by atoms with E-state index in [1.807, 2.05) is 30.3 Å². The zero-order valence-corrected chi connectivity index (χ0v) is 36.3. The van der Waals surface area contributed by atoms with Crippen LogP contribution in [-0.2, 0) is 0 Å². The molecule has 1 atom stereocenters. The third-order valence-corrected chi connectivity index (χ3v) is 13.1. The minimum Gasteiger partial charge on any atom is -0.456 e. The largest absolute Gasteiger partial charge is 0.456 e. The van der Waals surface area contributed by atoms with Crippen molar-refractivity contribution < 1.29 is 4.42 Å². The van der Waals surface area contributed by atoms with Crippen LogP contribution in [0.3, 0.4) is 0 Å². The van der Waals surface area contributed by atoms with E-state index in [4.69, 9.17) is 19.4 Å². The first-order valence-electron chi connectivity index (χ1n) is 22.7. The third kappa shape index (κ3) is 6.67. The fourth-order valence-corrected chi connectivity index (χ4v) is 9.96. The summed E-state index contributed by atoms with van der Waals surface area (Å²) in [6.45, 7) is 0. The number of hydrogen-bond acceptors (Lipinski definition) is 5. The van der Waals surface area contributed by atoms with Gasteiger partial charge in [-0.3, -0.25) is 0 Å². The van der Waals surface area contributed by atoms with E-state index < -0.39 is 0 Å². The van der Waals surface area contributed by atoms with Gasteiger partial charge < -0.3 is 9.73 Å². The van der Waals surface area contributed by atoms with E-state index in [1.54, 1.807) is 0 Å². The zero-order valence-electron chi connectivity index (χ0n) is 36.3. The Hall–Kier alpha value is -8.93. The average Bonchev–Trinajstić information content (AvgIpc) is 3.78. The van der Waals surface area contributed by atoms with E-state index in [0.29, 0.717) is 5.84 Å². The molecule has 0 bridgehead atoms. The first kappa shape index (κ1) is 38.5. The molecule has 13 rings (SSSR count). The number of hydrogen-bond donors (Lipinski definition) is 1. The predicted molar refractivity (Wildman–Crippen MR) is 278 cm³/mol. The van der Waals surface area contributed by atoms with Crippen LogP contribution < -0.4 is 5.32 Å². The number of aliphatic imine (C=N–C) groups is 2. The Kier molecular flexibility index (Phi) is 9.17. The second-order valence-corrected chi connectivity index (χ2v) is 17.1. The maximum absolute atomic E-state index is 6.63. The fourth-order valence-electron chi connectivity index (χ4n) is 9.96. The van der Waals surface area contributed by atoms with Crippen molar-refractivity contribution in [2.75, 3.05) is 0 Å². The Morgan fingerprint density at radius 1 is 0.388 bits per heavy atom. The minimum atomic E-state index is -0.329. The second kappa shape index (κ2) is 15.9. The minimum absolute atomic E-state index is 0.329. The molecular weight excluding hydrogens is 817 g/mol. The van der Waals surface area contributed by atoms with Gasteiger partial charge in [-0.05, 0) is 62.4 Å². The van der Waals surface area contributed by atoms with Gasteiger partial charge in [-0.2, -0.15) is 0 Å². The summed E-state index contributed by atoms with van der Waals surface area (Å²) < 4.78 is 6.63. The highest BCUT2D eigenvalue weighted by Gasteiger charge is 2.24. The Balaban J connectivity index is 0.914. The van der Waals surface area contributed by atoms with Crippen LogP contribution >= 0.6 is 0 Å². The van der Waals surface area contributed by atoms with E-state index in [2.05, 4.69) is 206 Å². The quantitative estimate of drug-likeness (QED) is 0.162. The molecule has 1 N–H and O–H groups in total. The van der Waals surface area contributed by atoms with Gasteiger partial charge >= 0.3 is 0 Å². The molecule has 1 aliphatic heterocycles. The summed E-state index contributed by atoms with van der Waals surface area (Å²) in [5.74, 6) is 1.48. The highest BCUT2D eigenvalue weighted by atomic mass is 16.3. The summed E-state index contributed by atoms with van der Waals surface area (Å²) in [4.78, 5) is 15.8. The van der Waals surface area contributed by atoms with Gasteiger partial charge in [-0.1, -0.05) is 212 Å². The Labute approximate surface area is 387 Å². The lowest BCUT2D eigenvalue weighted by atomic mass is 9.89. The third-order valence-electron chi connectivity index (χ3n) is 13.1. The van der Waals surface area contributed by atoms with Crippen LogP contribution in [0.15, 0.2) is 245 Å². The number of nitrogens with one attached hydrogen (secondary N) is 1. The standard InChI is InChI=1S/C62H40N4O/c1-4-16-39(17-5-1)40-28-34-45(35-29-40)61-64-60(44-20-8-3-9-21-44)65-62(66-61)49-37-36-46(47-22-10-11-23-48(47)49)41-30-32-43(33-31-41)59-52-38-55-58(51-25-13-15-27-54(51)67-55)56(42-18-6-2-7-19-42)57(52)50-24-12-14-26-53(50)63-59/h1-38,61H,(H,64,65,66). The monoisotopic (exact) mass is 856 g/mol. The van der Waals surface area contributed by atoms with Crippen molar-refractivity contribution in [2.45, 2.75) is 6.17 Å². The maximum atomic E-state index is 6.63. The Bertz CT molecular complexity index is 3910.